The lowest BCUT2D eigenvalue weighted by Crippen LogP contribution is -2.53. The molecule has 1 fully saturated rings. The molecule has 1 heterocycles. The van der Waals surface area contributed by atoms with Crippen molar-refractivity contribution in [2.45, 2.75) is 38.0 Å². The highest BCUT2D eigenvalue weighted by Crippen LogP contribution is 2.29. The fraction of sp³-hybridized carbons (Fsp3) is 0.233. The highest BCUT2D eigenvalue weighted by Gasteiger charge is 2.36. The molecule has 2 atom stereocenters. The van der Waals surface area contributed by atoms with E-state index in [0.29, 0.717) is 19.4 Å². The van der Waals surface area contributed by atoms with E-state index in [9.17, 15) is 14.4 Å². The molecule has 1 aliphatic rings. The lowest BCUT2D eigenvalue weighted by atomic mass is 9.92. The minimum atomic E-state index is -0.926. The summed E-state index contributed by atoms with van der Waals surface area (Å²) < 4.78 is 5.45. The molecule has 1 aliphatic heterocycles. The van der Waals surface area contributed by atoms with Gasteiger partial charge in [-0.15, -0.1) is 0 Å². The number of nitrogens with two attached hydrogens (primary N) is 1. The van der Waals surface area contributed by atoms with Crippen LogP contribution in [0.4, 0.5) is 4.79 Å². The zero-order chi connectivity index (χ0) is 25.8. The molecule has 0 bridgehead atoms. The van der Waals surface area contributed by atoms with Crippen LogP contribution in [0.25, 0.3) is 21.5 Å². The van der Waals surface area contributed by atoms with E-state index < -0.39 is 30.0 Å². The Bertz CT molecular complexity index is 1400. The van der Waals surface area contributed by atoms with Crippen LogP contribution >= 0.6 is 0 Å². The summed E-state index contributed by atoms with van der Waals surface area (Å²) in [7, 11) is 0. The van der Waals surface area contributed by atoms with Gasteiger partial charge in [-0.25, -0.2) is 4.79 Å². The van der Waals surface area contributed by atoms with E-state index in [1.165, 1.54) is 4.90 Å². The number of carbonyl (C=O) groups excluding carboxylic acids is 3. The van der Waals surface area contributed by atoms with E-state index >= 15 is 0 Å². The number of likely N-dealkylation sites (tertiary alicyclic amines) is 1. The van der Waals surface area contributed by atoms with Gasteiger partial charge in [-0.1, -0.05) is 78.9 Å². The predicted molar refractivity (Wildman–Crippen MR) is 143 cm³/mol. The molecule has 0 radical (unpaired) electrons. The van der Waals surface area contributed by atoms with Crippen molar-refractivity contribution in [2.75, 3.05) is 6.54 Å². The summed E-state index contributed by atoms with van der Waals surface area (Å²) in [5.74, 6) is -1.02. The van der Waals surface area contributed by atoms with Gasteiger partial charge in [0, 0.05) is 13.0 Å². The third-order valence-electron chi connectivity index (χ3n) is 6.95. The van der Waals surface area contributed by atoms with Crippen LogP contribution in [0.2, 0.25) is 0 Å². The third kappa shape index (κ3) is 5.26. The molecular weight excluding hydrogens is 466 g/mol. The number of rotatable bonds is 7. The van der Waals surface area contributed by atoms with Crippen LogP contribution < -0.4 is 11.1 Å². The Morgan fingerprint density at radius 3 is 2.19 bits per heavy atom. The first-order valence-electron chi connectivity index (χ1n) is 12.5. The third-order valence-corrected chi connectivity index (χ3v) is 6.95. The van der Waals surface area contributed by atoms with Crippen LogP contribution in [0.1, 0.15) is 24.0 Å². The van der Waals surface area contributed by atoms with E-state index in [-0.39, 0.29) is 13.0 Å². The number of ether oxygens (including phenoxy) is 1. The van der Waals surface area contributed by atoms with Gasteiger partial charge >= 0.3 is 6.09 Å². The molecule has 0 spiro atoms. The minimum absolute atomic E-state index is 0.128. The van der Waals surface area contributed by atoms with Gasteiger partial charge in [0.05, 0.1) is 0 Å². The Labute approximate surface area is 215 Å². The maximum atomic E-state index is 13.3. The molecule has 188 valence electrons. The molecular formula is C30H29N3O4. The van der Waals surface area contributed by atoms with Crippen LogP contribution in [0.15, 0.2) is 84.9 Å². The number of hydrogen-bond acceptors (Lipinski definition) is 4. The highest BCUT2D eigenvalue weighted by atomic mass is 16.6. The predicted octanol–water partition coefficient (Wildman–Crippen LogP) is 4.31. The lowest BCUT2D eigenvalue weighted by Gasteiger charge is -2.25. The standard InChI is InChI=1S/C30H29N3O4/c31-28(34)26(18-25-23-13-6-4-11-21(23)17-22-12-5-7-14-24(22)25)32-29(35)27-15-8-16-33(27)30(36)37-19-20-9-2-1-3-10-20/h1-7,9-14,17,26-27H,8,15-16,18-19H2,(H2,31,34)(H,32,35)/t26-,27-/m1/s1. The van der Waals surface area contributed by atoms with E-state index in [2.05, 4.69) is 11.4 Å². The molecule has 7 nitrogen and oxygen atoms in total. The fourth-order valence-electron chi connectivity index (χ4n) is 5.08. The molecule has 37 heavy (non-hydrogen) atoms. The maximum Gasteiger partial charge on any atom is 0.410 e. The summed E-state index contributed by atoms with van der Waals surface area (Å²) in [5.41, 5.74) is 7.58. The number of fused-ring (bicyclic) bond motifs is 2. The van der Waals surface area contributed by atoms with E-state index in [0.717, 1.165) is 32.7 Å². The molecule has 0 saturated carbocycles. The summed E-state index contributed by atoms with van der Waals surface area (Å²) in [6.45, 7) is 0.545. The number of amides is 3. The summed E-state index contributed by atoms with van der Waals surface area (Å²) in [6.07, 6.45) is 0.869. The summed E-state index contributed by atoms with van der Waals surface area (Å²) in [4.78, 5) is 40.0. The van der Waals surface area contributed by atoms with Crippen LogP contribution in [-0.4, -0.2) is 41.4 Å². The molecule has 3 amide bonds. The van der Waals surface area contributed by atoms with Crippen molar-refractivity contribution in [3.63, 3.8) is 0 Å². The molecule has 0 unspecified atom stereocenters. The number of carbonyl (C=O) groups is 3. The second-order valence-electron chi connectivity index (χ2n) is 9.36. The van der Waals surface area contributed by atoms with Crippen molar-refractivity contribution in [1.29, 1.82) is 0 Å². The van der Waals surface area contributed by atoms with Gasteiger partial charge in [0.2, 0.25) is 11.8 Å². The number of nitrogens with zero attached hydrogens (tertiary/aromatic N) is 1. The van der Waals surface area contributed by atoms with Gasteiger partial charge in [-0.3, -0.25) is 14.5 Å². The Morgan fingerprint density at radius 1 is 0.919 bits per heavy atom. The van der Waals surface area contributed by atoms with Crippen molar-refractivity contribution in [2.24, 2.45) is 5.73 Å². The average molecular weight is 496 g/mol. The second-order valence-corrected chi connectivity index (χ2v) is 9.36. The number of benzene rings is 4. The van der Waals surface area contributed by atoms with Crippen molar-refractivity contribution < 1.29 is 19.1 Å². The van der Waals surface area contributed by atoms with E-state index in [4.69, 9.17) is 10.5 Å². The quantitative estimate of drug-likeness (QED) is 0.373. The van der Waals surface area contributed by atoms with Crippen molar-refractivity contribution in [3.05, 3.63) is 96.1 Å². The zero-order valence-corrected chi connectivity index (χ0v) is 20.4. The molecule has 0 aromatic heterocycles. The smallest absolute Gasteiger partial charge is 0.410 e. The van der Waals surface area contributed by atoms with Gasteiger partial charge in [0.25, 0.3) is 0 Å². The minimum Gasteiger partial charge on any atom is -0.445 e. The molecule has 1 saturated heterocycles. The second kappa shape index (κ2) is 10.7. The van der Waals surface area contributed by atoms with E-state index in [1.54, 1.807) is 0 Å². The fourth-order valence-corrected chi connectivity index (χ4v) is 5.08. The van der Waals surface area contributed by atoms with Crippen LogP contribution in [0.5, 0.6) is 0 Å². The Hall–Kier alpha value is -4.39. The van der Waals surface area contributed by atoms with Crippen LogP contribution in [-0.2, 0) is 27.4 Å². The molecule has 4 aromatic carbocycles. The topological polar surface area (TPSA) is 102 Å². The van der Waals surface area contributed by atoms with E-state index in [1.807, 2.05) is 78.9 Å². The Balaban J connectivity index is 1.34. The monoisotopic (exact) mass is 495 g/mol. The number of primary amides is 1. The van der Waals surface area contributed by atoms with Gasteiger partial charge in [0.1, 0.15) is 18.7 Å². The summed E-state index contributed by atoms with van der Waals surface area (Å²) >= 11 is 0. The number of nitrogens with one attached hydrogen (secondary N) is 1. The normalized spacial score (nSPS) is 16.0. The zero-order valence-electron chi connectivity index (χ0n) is 20.4. The van der Waals surface area contributed by atoms with Crippen molar-refractivity contribution >= 4 is 39.5 Å². The van der Waals surface area contributed by atoms with Crippen LogP contribution in [0, 0.1) is 0 Å². The summed E-state index contributed by atoms with van der Waals surface area (Å²) in [6, 6.07) is 25.8. The Morgan fingerprint density at radius 2 is 1.54 bits per heavy atom. The molecule has 4 aromatic rings. The van der Waals surface area contributed by atoms with Gasteiger partial charge < -0.3 is 15.8 Å². The largest absolute Gasteiger partial charge is 0.445 e. The average Bonchev–Trinajstić information content (AvgIpc) is 3.42. The van der Waals surface area contributed by atoms with Gasteiger partial charge in [-0.05, 0) is 51.6 Å². The SMILES string of the molecule is NC(=O)[C@@H](Cc1c2ccccc2cc2ccccc12)NC(=O)[C@H]1CCCN1C(=O)OCc1ccccc1. The lowest BCUT2D eigenvalue weighted by molar-refractivity contribution is -0.129. The number of hydrogen-bond donors (Lipinski definition) is 2. The highest BCUT2D eigenvalue weighted by molar-refractivity contribution is 6.03. The first-order valence-corrected chi connectivity index (χ1v) is 12.5. The maximum absolute atomic E-state index is 13.3. The first kappa shape index (κ1) is 24.3. The molecule has 5 rings (SSSR count). The summed E-state index contributed by atoms with van der Waals surface area (Å²) in [5, 5.41) is 6.95. The van der Waals surface area contributed by atoms with Gasteiger partial charge in [0.15, 0.2) is 0 Å². The van der Waals surface area contributed by atoms with Gasteiger partial charge in [-0.2, -0.15) is 0 Å². The van der Waals surface area contributed by atoms with Crippen molar-refractivity contribution in [1.82, 2.24) is 10.2 Å². The molecule has 3 N–H and O–H groups in total. The molecule has 7 heteroatoms. The first-order chi connectivity index (χ1) is 18.0. The van der Waals surface area contributed by atoms with Crippen LogP contribution in [0.3, 0.4) is 0 Å². The van der Waals surface area contributed by atoms with Crippen molar-refractivity contribution in [3.8, 4) is 0 Å². The Kier molecular flexibility index (Phi) is 7.03. The molecule has 0 aliphatic carbocycles.